The Labute approximate surface area is 124 Å². The molecule has 3 nitrogen and oxygen atoms in total. The van der Waals surface area contributed by atoms with Gasteiger partial charge in [0.15, 0.2) is 0 Å². The number of aliphatic hydroxyl groups is 1. The van der Waals surface area contributed by atoms with E-state index in [0.717, 1.165) is 36.9 Å². The van der Waals surface area contributed by atoms with Gasteiger partial charge in [-0.2, -0.15) is 0 Å². The van der Waals surface area contributed by atoms with Gasteiger partial charge in [-0.3, -0.25) is 4.90 Å². The molecular weight excluding hydrogens is 248 g/mol. The number of β-amino-alcohol motifs (C(OH)–C–C–N with tert-alkyl or cyclic N) is 1. The van der Waals surface area contributed by atoms with E-state index >= 15 is 0 Å². The van der Waals surface area contributed by atoms with Crippen molar-refractivity contribution in [3.05, 3.63) is 0 Å². The summed E-state index contributed by atoms with van der Waals surface area (Å²) >= 11 is 0. The molecule has 0 spiro atoms. The van der Waals surface area contributed by atoms with E-state index in [1.54, 1.807) is 0 Å². The van der Waals surface area contributed by atoms with Gasteiger partial charge in [0, 0.05) is 31.7 Å². The predicted octanol–water partition coefficient (Wildman–Crippen LogP) is 2.20. The smallest absolute Gasteiger partial charge is 0.0670 e. The highest BCUT2D eigenvalue weighted by atomic mass is 16.3. The molecule has 3 fully saturated rings. The lowest BCUT2D eigenvalue weighted by Gasteiger charge is -2.49. The maximum Gasteiger partial charge on any atom is 0.0670 e. The van der Waals surface area contributed by atoms with Gasteiger partial charge in [-0.25, -0.2) is 0 Å². The molecule has 20 heavy (non-hydrogen) atoms. The molecule has 0 bridgehead atoms. The lowest BCUT2D eigenvalue weighted by Crippen LogP contribution is -2.53. The van der Waals surface area contributed by atoms with Crippen molar-refractivity contribution in [3.8, 4) is 0 Å². The van der Waals surface area contributed by atoms with Crippen LogP contribution in [0.5, 0.6) is 0 Å². The van der Waals surface area contributed by atoms with Gasteiger partial charge in [0.1, 0.15) is 0 Å². The first kappa shape index (κ1) is 14.8. The molecule has 0 aromatic rings. The van der Waals surface area contributed by atoms with Crippen LogP contribution in [-0.2, 0) is 0 Å². The van der Waals surface area contributed by atoms with Crippen molar-refractivity contribution < 1.29 is 5.11 Å². The molecule has 6 atom stereocenters. The van der Waals surface area contributed by atoms with Gasteiger partial charge < -0.3 is 10.0 Å². The molecule has 2 aliphatic heterocycles. The largest absolute Gasteiger partial charge is 0.392 e. The Morgan fingerprint density at radius 3 is 2.45 bits per heavy atom. The third kappa shape index (κ3) is 3.05. The molecule has 1 saturated carbocycles. The Morgan fingerprint density at radius 1 is 0.900 bits per heavy atom. The number of aliphatic hydroxyl groups excluding tert-OH is 1. The summed E-state index contributed by atoms with van der Waals surface area (Å²) in [4.78, 5) is 5.16. The summed E-state index contributed by atoms with van der Waals surface area (Å²) in [7, 11) is 2.29. The second-order valence-corrected chi connectivity index (χ2v) is 7.96. The Bertz CT molecular complexity index is 325. The second kappa shape index (κ2) is 5.94. The zero-order valence-corrected chi connectivity index (χ0v) is 13.5. The molecule has 0 amide bonds. The fourth-order valence-electron chi connectivity index (χ4n) is 4.99. The summed E-state index contributed by atoms with van der Waals surface area (Å²) in [5.74, 6) is 2.52. The maximum absolute atomic E-state index is 10.0. The average Bonchev–Trinajstić information content (AvgIpc) is 2.38. The highest BCUT2D eigenvalue weighted by Gasteiger charge is 2.39. The Morgan fingerprint density at radius 2 is 1.70 bits per heavy atom. The molecule has 3 aliphatic rings. The minimum Gasteiger partial charge on any atom is -0.392 e. The topological polar surface area (TPSA) is 26.7 Å². The van der Waals surface area contributed by atoms with Gasteiger partial charge >= 0.3 is 0 Å². The van der Waals surface area contributed by atoms with Crippen LogP contribution in [0.4, 0.5) is 0 Å². The highest BCUT2D eigenvalue weighted by Crippen LogP contribution is 2.40. The minimum atomic E-state index is -0.0899. The maximum atomic E-state index is 10.0. The fourth-order valence-corrected chi connectivity index (χ4v) is 4.99. The third-order valence-electron chi connectivity index (χ3n) is 6.21. The second-order valence-electron chi connectivity index (χ2n) is 7.96. The number of piperidine rings is 2. The summed E-state index contributed by atoms with van der Waals surface area (Å²) < 4.78 is 0. The van der Waals surface area contributed by atoms with E-state index in [0.29, 0.717) is 5.92 Å². The van der Waals surface area contributed by atoms with Crippen molar-refractivity contribution >= 4 is 0 Å². The van der Waals surface area contributed by atoms with Crippen LogP contribution >= 0.6 is 0 Å². The number of fused-ring (bicyclic) bond motifs is 1. The van der Waals surface area contributed by atoms with E-state index in [1.807, 2.05) is 0 Å². The summed E-state index contributed by atoms with van der Waals surface area (Å²) in [6, 6.07) is 1.49. The first-order valence-electron chi connectivity index (χ1n) is 8.65. The fraction of sp³-hybridized carbons (Fsp3) is 1.00. The van der Waals surface area contributed by atoms with Crippen molar-refractivity contribution in [2.45, 2.75) is 64.1 Å². The summed E-state index contributed by atoms with van der Waals surface area (Å²) in [5, 5.41) is 10.0. The van der Waals surface area contributed by atoms with Gasteiger partial charge in [0.05, 0.1) is 6.10 Å². The van der Waals surface area contributed by atoms with Crippen molar-refractivity contribution in [1.29, 1.82) is 0 Å². The van der Waals surface area contributed by atoms with E-state index in [9.17, 15) is 5.11 Å². The van der Waals surface area contributed by atoms with Crippen molar-refractivity contribution in [3.63, 3.8) is 0 Å². The number of nitrogens with zero attached hydrogens (tertiary/aromatic N) is 2. The molecule has 0 aromatic carbocycles. The number of likely N-dealkylation sites (tertiary alicyclic amines) is 2. The lowest BCUT2D eigenvalue weighted by molar-refractivity contribution is -0.0190. The van der Waals surface area contributed by atoms with Crippen LogP contribution in [-0.4, -0.2) is 59.8 Å². The molecule has 1 unspecified atom stereocenters. The molecule has 3 rings (SSSR count). The number of rotatable bonds is 1. The van der Waals surface area contributed by atoms with Gasteiger partial charge in [-0.15, -0.1) is 0 Å². The van der Waals surface area contributed by atoms with Crippen LogP contribution in [0.25, 0.3) is 0 Å². The molecule has 2 heterocycles. The molecule has 0 radical (unpaired) electrons. The van der Waals surface area contributed by atoms with Crippen LogP contribution in [0, 0.1) is 17.8 Å². The van der Waals surface area contributed by atoms with E-state index in [1.165, 1.54) is 38.8 Å². The van der Waals surface area contributed by atoms with Gasteiger partial charge in [-0.1, -0.05) is 6.92 Å². The summed E-state index contributed by atoms with van der Waals surface area (Å²) in [6.45, 7) is 8.10. The lowest BCUT2D eigenvalue weighted by atomic mass is 9.71. The highest BCUT2D eigenvalue weighted by molar-refractivity contribution is 4.93. The van der Waals surface area contributed by atoms with E-state index in [4.69, 9.17) is 0 Å². The minimum absolute atomic E-state index is 0.0899. The standard InChI is InChI=1S/C17H32N2O/c1-12-6-17(20)11-19(9-12)16-5-4-14-10-18(3)13(2)7-15(14)8-16/h12-17,20H,4-11H2,1-3H3/t12?,13-,14+,15+,16+,17+/m1/s1. The van der Waals surface area contributed by atoms with Crippen LogP contribution in [0.3, 0.4) is 0 Å². The molecule has 0 aromatic heterocycles. The van der Waals surface area contributed by atoms with E-state index in [2.05, 4.69) is 30.7 Å². The van der Waals surface area contributed by atoms with Gasteiger partial charge in [0.25, 0.3) is 0 Å². The third-order valence-corrected chi connectivity index (χ3v) is 6.21. The number of hydrogen-bond donors (Lipinski definition) is 1. The molecule has 1 aliphatic carbocycles. The molecule has 1 N–H and O–H groups in total. The van der Waals surface area contributed by atoms with Crippen LogP contribution in [0.1, 0.15) is 46.0 Å². The molecule has 3 heteroatoms. The summed E-state index contributed by atoms with van der Waals surface area (Å²) in [6.07, 6.45) is 6.41. The molecular formula is C17H32N2O. The average molecular weight is 280 g/mol. The van der Waals surface area contributed by atoms with Gasteiger partial charge in [0.2, 0.25) is 0 Å². The first-order chi connectivity index (χ1) is 9.52. The van der Waals surface area contributed by atoms with Crippen LogP contribution in [0.2, 0.25) is 0 Å². The van der Waals surface area contributed by atoms with E-state index in [-0.39, 0.29) is 6.10 Å². The first-order valence-corrected chi connectivity index (χ1v) is 8.65. The Kier molecular flexibility index (Phi) is 4.40. The predicted molar refractivity (Wildman–Crippen MR) is 82.7 cm³/mol. The molecule has 2 saturated heterocycles. The van der Waals surface area contributed by atoms with Crippen molar-refractivity contribution in [2.24, 2.45) is 17.8 Å². The normalized spacial score (nSPS) is 48.0. The van der Waals surface area contributed by atoms with E-state index < -0.39 is 0 Å². The number of hydrogen-bond acceptors (Lipinski definition) is 3. The van der Waals surface area contributed by atoms with Crippen molar-refractivity contribution in [1.82, 2.24) is 9.80 Å². The molecule has 116 valence electrons. The van der Waals surface area contributed by atoms with Crippen LogP contribution in [0.15, 0.2) is 0 Å². The monoisotopic (exact) mass is 280 g/mol. The summed E-state index contributed by atoms with van der Waals surface area (Å²) in [5.41, 5.74) is 0. The van der Waals surface area contributed by atoms with Crippen molar-refractivity contribution in [2.75, 3.05) is 26.7 Å². The zero-order valence-electron chi connectivity index (χ0n) is 13.5. The van der Waals surface area contributed by atoms with Gasteiger partial charge in [-0.05, 0) is 63.8 Å². The Hall–Kier alpha value is -0.120. The van der Waals surface area contributed by atoms with Crippen LogP contribution < -0.4 is 0 Å². The quantitative estimate of drug-likeness (QED) is 0.798. The SMILES string of the molecule is CC1C[C@H](O)CN([C@H]2CC[C@H]3CN(C)[C@H](C)C[C@H]3C2)C1. The Balaban J connectivity index is 1.60. The zero-order chi connectivity index (χ0) is 14.3.